The van der Waals surface area contributed by atoms with Gasteiger partial charge in [-0.25, -0.2) is 8.42 Å². The Bertz CT molecular complexity index is 1320. The number of aromatic nitrogens is 2. The molecule has 0 aliphatic rings. The van der Waals surface area contributed by atoms with Crippen LogP contribution in [-0.2, 0) is 33.5 Å². The van der Waals surface area contributed by atoms with E-state index in [9.17, 15) is 13.2 Å². The normalized spacial score (nSPS) is 11.5. The van der Waals surface area contributed by atoms with Crippen molar-refractivity contribution in [2.24, 2.45) is 0 Å². The minimum atomic E-state index is -3.63. The van der Waals surface area contributed by atoms with Gasteiger partial charge in [-0.15, -0.1) is 0 Å². The van der Waals surface area contributed by atoms with Gasteiger partial charge in [-0.3, -0.25) is 9.78 Å². The van der Waals surface area contributed by atoms with Gasteiger partial charge in [0.05, 0.1) is 10.6 Å². The number of sulfone groups is 1. The lowest BCUT2D eigenvalue weighted by Crippen LogP contribution is -2.26. The summed E-state index contributed by atoms with van der Waals surface area (Å²) >= 11 is 5.90. The largest absolute Gasteiger partial charge is 0.350 e. The molecule has 0 radical (unpaired) electrons. The molecule has 1 N–H and O–H groups in total. The first-order valence-electron chi connectivity index (χ1n) is 9.63. The fourth-order valence-corrected chi connectivity index (χ4v) is 5.09. The van der Waals surface area contributed by atoms with E-state index in [1.165, 1.54) is 0 Å². The molecule has 0 saturated carbocycles. The highest BCUT2D eigenvalue weighted by Gasteiger charge is 2.22. The molecule has 2 aromatic carbocycles. The molecule has 0 saturated heterocycles. The first-order chi connectivity index (χ1) is 14.9. The summed E-state index contributed by atoms with van der Waals surface area (Å²) in [5.74, 6) is -0.364. The van der Waals surface area contributed by atoms with Crippen molar-refractivity contribution in [1.82, 2.24) is 14.9 Å². The van der Waals surface area contributed by atoms with Crippen molar-refractivity contribution in [3.8, 4) is 0 Å². The second kappa shape index (κ2) is 8.91. The van der Waals surface area contributed by atoms with E-state index in [4.69, 9.17) is 11.6 Å². The van der Waals surface area contributed by atoms with Crippen LogP contribution < -0.4 is 5.32 Å². The zero-order valence-corrected chi connectivity index (χ0v) is 18.1. The average Bonchev–Trinajstić information content (AvgIpc) is 3.14. The number of carbonyl (C=O) groups excluding carboxylic acids is 1. The van der Waals surface area contributed by atoms with Gasteiger partial charge in [0, 0.05) is 41.1 Å². The molecule has 0 aliphatic heterocycles. The van der Waals surface area contributed by atoms with Crippen LogP contribution in [0.1, 0.15) is 11.1 Å². The SMILES string of the molecule is O=C(Cn1cc(S(=O)(=O)Cc2ccc(Cl)cc2)c2ccccc21)NCc1cccnc1. The standard InChI is InChI=1S/C23H20ClN3O3S/c24-19-9-7-17(8-10-19)16-31(29,30)22-14-27(21-6-2-1-5-20(21)22)15-23(28)26-13-18-4-3-11-25-12-18/h1-12,14H,13,15-16H2,(H,26,28). The number of pyridine rings is 1. The lowest BCUT2D eigenvalue weighted by Gasteiger charge is -2.07. The number of hydrogen-bond donors (Lipinski definition) is 1. The van der Waals surface area contributed by atoms with Crippen LogP contribution in [0, 0.1) is 0 Å². The fourth-order valence-electron chi connectivity index (χ4n) is 3.38. The van der Waals surface area contributed by atoms with E-state index in [2.05, 4.69) is 10.3 Å². The molecule has 4 rings (SSSR count). The minimum Gasteiger partial charge on any atom is -0.350 e. The molecule has 0 spiro atoms. The number of rotatable bonds is 7. The molecule has 0 aliphatic carbocycles. The van der Waals surface area contributed by atoms with E-state index in [0.29, 0.717) is 28.0 Å². The monoisotopic (exact) mass is 453 g/mol. The second-order valence-electron chi connectivity index (χ2n) is 7.16. The van der Waals surface area contributed by atoms with Crippen LogP contribution in [0.3, 0.4) is 0 Å². The number of amides is 1. The van der Waals surface area contributed by atoms with Crippen molar-refractivity contribution in [3.63, 3.8) is 0 Å². The summed E-state index contributed by atoms with van der Waals surface area (Å²) < 4.78 is 28.0. The lowest BCUT2D eigenvalue weighted by molar-refractivity contribution is -0.121. The van der Waals surface area contributed by atoms with Gasteiger partial charge in [0.2, 0.25) is 5.91 Å². The number of halogens is 1. The second-order valence-corrected chi connectivity index (χ2v) is 9.56. The summed E-state index contributed by atoms with van der Waals surface area (Å²) in [6.07, 6.45) is 4.90. The zero-order valence-electron chi connectivity index (χ0n) is 16.5. The molecule has 0 atom stereocenters. The van der Waals surface area contributed by atoms with Gasteiger partial charge in [0.25, 0.3) is 0 Å². The molecule has 6 nitrogen and oxygen atoms in total. The van der Waals surface area contributed by atoms with E-state index >= 15 is 0 Å². The Labute approximate surface area is 185 Å². The molecule has 1 amide bonds. The lowest BCUT2D eigenvalue weighted by atomic mass is 10.2. The highest BCUT2D eigenvalue weighted by molar-refractivity contribution is 7.90. The van der Waals surface area contributed by atoms with Gasteiger partial charge in [0.1, 0.15) is 6.54 Å². The molecule has 31 heavy (non-hydrogen) atoms. The molecule has 4 aromatic rings. The highest BCUT2D eigenvalue weighted by atomic mass is 35.5. The predicted molar refractivity (Wildman–Crippen MR) is 120 cm³/mol. The third-order valence-electron chi connectivity index (χ3n) is 4.88. The molecule has 2 heterocycles. The predicted octanol–water partition coefficient (Wildman–Crippen LogP) is 3.98. The summed E-state index contributed by atoms with van der Waals surface area (Å²) in [5, 5.41) is 3.99. The molecular formula is C23H20ClN3O3S. The summed E-state index contributed by atoms with van der Waals surface area (Å²) in [4.78, 5) is 16.7. The Kier molecular flexibility index (Phi) is 6.06. The van der Waals surface area contributed by atoms with E-state index in [-0.39, 0.29) is 23.1 Å². The van der Waals surface area contributed by atoms with Gasteiger partial charge in [-0.05, 0) is 35.4 Å². The summed E-state index contributed by atoms with van der Waals surface area (Å²) in [7, 11) is -3.63. The number of para-hydroxylation sites is 1. The third kappa shape index (κ3) is 4.95. The van der Waals surface area contributed by atoms with Gasteiger partial charge in [0.15, 0.2) is 9.84 Å². The molecule has 0 unspecified atom stereocenters. The number of benzene rings is 2. The van der Waals surface area contributed by atoms with E-state index in [0.717, 1.165) is 5.56 Å². The number of carbonyl (C=O) groups is 1. The van der Waals surface area contributed by atoms with Gasteiger partial charge >= 0.3 is 0 Å². The third-order valence-corrected chi connectivity index (χ3v) is 6.84. The number of nitrogens with zero attached hydrogens (tertiary/aromatic N) is 2. The van der Waals surface area contributed by atoms with Crippen LogP contribution in [0.25, 0.3) is 10.9 Å². The van der Waals surface area contributed by atoms with Crippen LogP contribution in [0.5, 0.6) is 0 Å². The van der Waals surface area contributed by atoms with Crippen LogP contribution in [0.15, 0.2) is 84.1 Å². The molecule has 0 fully saturated rings. The smallest absolute Gasteiger partial charge is 0.240 e. The van der Waals surface area contributed by atoms with Crippen molar-refractivity contribution in [1.29, 1.82) is 0 Å². The Morgan fingerprint density at radius 3 is 2.52 bits per heavy atom. The Balaban J connectivity index is 1.58. The average molecular weight is 454 g/mol. The molecular weight excluding hydrogens is 434 g/mol. The summed E-state index contributed by atoms with van der Waals surface area (Å²) in [6.45, 7) is 0.366. The topological polar surface area (TPSA) is 81.1 Å². The maximum atomic E-state index is 13.2. The van der Waals surface area contributed by atoms with Crippen molar-refractivity contribution in [2.45, 2.75) is 23.7 Å². The number of nitrogens with one attached hydrogen (secondary N) is 1. The Morgan fingerprint density at radius 1 is 1.00 bits per heavy atom. The van der Waals surface area contributed by atoms with Gasteiger partial charge in [-0.1, -0.05) is 48.0 Å². The van der Waals surface area contributed by atoms with Crippen LogP contribution in [-0.4, -0.2) is 23.9 Å². The van der Waals surface area contributed by atoms with Gasteiger partial charge < -0.3 is 9.88 Å². The first kappa shape index (κ1) is 21.1. The van der Waals surface area contributed by atoms with E-state index < -0.39 is 9.84 Å². The van der Waals surface area contributed by atoms with E-state index in [1.54, 1.807) is 65.6 Å². The maximum Gasteiger partial charge on any atom is 0.240 e. The van der Waals surface area contributed by atoms with E-state index in [1.807, 2.05) is 18.2 Å². The highest BCUT2D eigenvalue weighted by Crippen LogP contribution is 2.28. The van der Waals surface area contributed by atoms with Crippen molar-refractivity contribution in [2.75, 3.05) is 0 Å². The zero-order chi connectivity index (χ0) is 21.8. The number of hydrogen-bond acceptors (Lipinski definition) is 4. The summed E-state index contributed by atoms with van der Waals surface area (Å²) in [5.41, 5.74) is 2.23. The van der Waals surface area contributed by atoms with Crippen LogP contribution >= 0.6 is 11.6 Å². The quantitative estimate of drug-likeness (QED) is 0.459. The number of fused-ring (bicyclic) bond motifs is 1. The molecule has 8 heteroatoms. The first-order valence-corrected chi connectivity index (χ1v) is 11.7. The van der Waals surface area contributed by atoms with Crippen molar-refractivity contribution < 1.29 is 13.2 Å². The fraction of sp³-hybridized carbons (Fsp3) is 0.130. The van der Waals surface area contributed by atoms with Crippen LogP contribution in [0.4, 0.5) is 0 Å². The van der Waals surface area contributed by atoms with Crippen LogP contribution in [0.2, 0.25) is 5.02 Å². The Morgan fingerprint density at radius 2 is 1.77 bits per heavy atom. The van der Waals surface area contributed by atoms with Crippen molar-refractivity contribution >= 4 is 38.2 Å². The minimum absolute atomic E-state index is 0.0112. The molecule has 0 bridgehead atoms. The Hall–Kier alpha value is -3.16. The molecule has 2 aromatic heterocycles. The summed E-state index contributed by atoms with van der Waals surface area (Å²) in [6, 6.07) is 17.6. The van der Waals surface area contributed by atoms with Crippen molar-refractivity contribution in [3.05, 3.63) is 95.4 Å². The molecule has 158 valence electrons. The maximum absolute atomic E-state index is 13.2. The van der Waals surface area contributed by atoms with Gasteiger partial charge in [-0.2, -0.15) is 0 Å².